The molecule has 2 aromatic rings. The zero-order chi connectivity index (χ0) is 13.0. The molecule has 94 valence electrons. The molecule has 5 heteroatoms. The van der Waals surface area contributed by atoms with Crippen LogP contribution < -0.4 is 5.73 Å². The van der Waals surface area contributed by atoms with Crippen LogP contribution in [-0.4, -0.2) is 28.9 Å². The molecule has 18 heavy (non-hydrogen) atoms. The quantitative estimate of drug-likeness (QED) is 0.813. The number of nitrogens with zero attached hydrogens (tertiary/aromatic N) is 2. The van der Waals surface area contributed by atoms with Crippen molar-refractivity contribution in [2.24, 2.45) is 5.73 Å². The zero-order valence-electron chi connectivity index (χ0n) is 10.1. The van der Waals surface area contributed by atoms with E-state index in [2.05, 4.69) is 9.84 Å². The van der Waals surface area contributed by atoms with Crippen molar-refractivity contribution in [3.63, 3.8) is 0 Å². The molecule has 1 heterocycles. The second-order valence-electron chi connectivity index (χ2n) is 3.95. The molecule has 0 spiro atoms. The molecule has 0 bridgehead atoms. The predicted octanol–water partition coefficient (Wildman–Crippen LogP) is 0.915. The summed E-state index contributed by atoms with van der Waals surface area (Å²) in [5.41, 5.74) is 7.66. The fourth-order valence-corrected chi connectivity index (χ4v) is 1.69. The molecular weight excluding hydrogens is 230 g/mol. The Kier molecular flexibility index (Phi) is 3.74. The van der Waals surface area contributed by atoms with Gasteiger partial charge in [-0.25, -0.2) is 4.68 Å². The molecule has 2 N–H and O–H groups in total. The van der Waals surface area contributed by atoms with Crippen LogP contribution in [0.3, 0.4) is 0 Å². The third kappa shape index (κ3) is 2.75. The third-order valence-electron chi connectivity index (χ3n) is 2.66. The summed E-state index contributed by atoms with van der Waals surface area (Å²) in [6, 6.07) is 8.98. The van der Waals surface area contributed by atoms with Crippen LogP contribution in [0.5, 0.6) is 0 Å². The molecule has 1 aromatic carbocycles. The number of ether oxygens (including phenoxy) is 1. The van der Waals surface area contributed by atoms with Gasteiger partial charge in [0.25, 0.3) is 0 Å². The number of esters is 1. The first-order valence-electron chi connectivity index (χ1n) is 5.63. The summed E-state index contributed by atoms with van der Waals surface area (Å²) in [5, 5.41) is 4.14. The number of nitrogens with two attached hydrogens (primary N) is 1. The highest BCUT2D eigenvalue weighted by Crippen LogP contribution is 2.10. The molecule has 0 saturated carbocycles. The number of benzene rings is 1. The lowest BCUT2D eigenvalue weighted by atomic mass is 10.1. The first kappa shape index (κ1) is 12.3. The van der Waals surface area contributed by atoms with E-state index < -0.39 is 12.0 Å². The van der Waals surface area contributed by atoms with Gasteiger partial charge in [0.05, 0.1) is 12.8 Å². The summed E-state index contributed by atoms with van der Waals surface area (Å²) in [7, 11) is 1.34. The van der Waals surface area contributed by atoms with Crippen molar-refractivity contribution in [3.8, 4) is 5.69 Å². The van der Waals surface area contributed by atoms with Gasteiger partial charge in [-0.3, -0.25) is 4.79 Å². The lowest BCUT2D eigenvalue weighted by Gasteiger charge is -2.09. The van der Waals surface area contributed by atoms with Gasteiger partial charge in [-0.05, 0) is 30.2 Å². The van der Waals surface area contributed by atoms with Crippen molar-refractivity contribution in [2.75, 3.05) is 7.11 Å². The minimum absolute atomic E-state index is 0.397. The largest absolute Gasteiger partial charge is 0.468 e. The Morgan fingerprint density at radius 2 is 2.17 bits per heavy atom. The molecule has 0 radical (unpaired) electrons. The summed E-state index contributed by atoms with van der Waals surface area (Å²) >= 11 is 0. The van der Waals surface area contributed by atoms with E-state index in [1.165, 1.54) is 7.11 Å². The van der Waals surface area contributed by atoms with Crippen molar-refractivity contribution in [1.29, 1.82) is 0 Å². The van der Waals surface area contributed by atoms with Crippen molar-refractivity contribution in [2.45, 2.75) is 12.5 Å². The van der Waals surface area contributed by atoms with Crippen molar-refractivity contribution >= 4 is 5.97 Å². The smallest absolute Gasteiger partial charge is 0.322 e. The Hall–Kier alpha value is -2.14. The molecule has 0 amide bonds. The highest BCUT2D eigenvalue weighted by atomic mass is 16.5. The summed E-state index contributed by atoms with van der Waals surface area (Å²) in [5.74, 6) is -0.397. The Morgan fingerprint density at radius 3 is 2.72 bits per heavy atom. The molecule has 0 fully saturated rings. The van der Waals surface area contributed by atoms with Gasteiger partial charge in [0.2, 0.25) is 0 Å². The summed E-state index contributed by atoms with van der Waals surface area (Å²) in [6.07, 6.45) is 4.06. The molecule has 0 aliphatic carbocycles. The lowest BCUT2D eigenvalue weighted by Crippen LogP contribution is -2.33. The topological polar surface area (TPSA) is 70.1 Å². The minimum Gasteiger partial charge on any atom is -0.468 e. The maximum absolute atomic E-state index is 11.2. The highest BCUT2D eigenvalue weighted by molar-refractivity contribution is 5.75. The highest BCUT2D eigenvalue weighted by Gasteiger charge is 2.13. The van der Waals surface area contributed by atoms with Gasteiger partial charge in [0.15, 0.2) is 0 Å². The average molecular weight is 245 g/mol. The van der Waals surface area contributed by atoms with E-state index in [4.69, 9.17) is 5.73 Å². The monoisotopic (exact) mass is 245 g/mol. The molecule has 5 nitrogen and oxygen atoms in total. The number of hydrogen-bond donors (Lipinski definition) is 1. The van der Waals surface area contributed by atoms with Crippen molar-refractivity contribution < 1.29 is 9.53 Å². The van der Waals surface area contributed by atoms with E-state index >= 15 is 0 Å². The molecule has 1 atom stereocenters. The van der Waals surface area contributed by atoms with Crippen molar-refractivity contribution in [1.82, 2.24) is 9.78 Å². The van der Waals surface area contributed by atoms with E-state index in [0.29, 0.717) is 6.42 Å². The number of carbonyl (C=O) groups is 1. The number of aromatic nitrogens is 2. The van der Waals surface area contributed by atoms with Gasteiger partial charge < -0.3 is 10.5 Å². The second-order valence-corrected chi connectivity index (χ2v) is 3.95. The molecule has 2 rings (SSSR count). The van der Waals surface area contributed by atoms with Crippen LogP contribution in [0, 0.1) is 0 Å². The fraction of sp³-hybridized carbons (Fsp3) is 0.231. The van der Waals surface area contributed by atoms with E-state index in [1.54, 1.807) is 10.9 Å². The number of rotatable bonds is 4. The standard InChI is InChI=1S/C13H15N3O2/c1-18-13(17)12(14)9-10-3-5-11(6-4-10)16-8-2-7-15-16/h2-8,12H,9,14H2,1H3. The summed E-state index contributed by atoms with van der Waals surface area (Å²) in [4.78, 5) is 11.2. The van der Waals surface area contributed by atoms with E-state index in [-0.39, 0.29) is 0 Å². The average Bonchev–Trinajstić information content (AvgIpc) is 2.92. The number of methoxy groups -OCH3 is 1. The van der Waals surface area contributed by atoms with Crippen LogP contribution in [0.2, 0.25) is 0 Å². The lowest BCUT2D eigenvalue weighted by molar-refractivity contribution is -0.142. The first-order chi connectivity index (χ1) is 8.70. The van der Waals surface area contributed by atoms with Gasteiger partial charge in [-0.15, -0.1) is 0 Å². The second kappa shape index (κ2) is 5.46. The van der Waals surface area contributed by atoms with Crippen molar-refractivity contribution in [3.05, 3.63) is 48.3 Å². The maximum atomic E-state index is 11.2. The molecular formula is C13H15N3O2. The molecule has 0 aliphatic heterocycles. The summed E-state index contributed by atoms with van der Waals surface area (Å²) in [6.45, 7) is 0. The SMILES string of the molecule is COC(=O)C(N)Cc1ccc(-n2cccn2)cc1. The van der Waals surface area contributed by atoms with Crippen LogP contribution in [0.15, 0.2) is 42.7 Å². The van der Waals surface area contributed by atoms with Gasteiger partial charge in [0, 0.05) is 12.4 Å². The molecule has 0 saturated heterocycles. The number of hydrogen-bond acceptors (Lipinski definition) is 4. The number of carbonyl (C=O) groups excluding carboxylic acids is 1. The van der Waals surface area contributed by atoms with Gasteiger partial charge >= 0.3 is 5.97 Å². The zero-order valence-corrected chi connectivity index (χ0v) is 10.1. The Labute approximate surface area is 105 Å². The van der Waals surface area contributed by atoms with Crippen LogP contribution >= 0.6 is 0 Å². The Morgan fingerprint density at radius 1 is 1.44 bits per heavy atom. The van der Waals surface area contributed by atoms with Crippen LogP contribution in [0.4, 0.5) is 0 Å². The third-order valence-corrected chi connectivity index (χ3v) is 2.66. The molecule has 1 aromatic heterocycles. The van der Waals surface area contributed by atoms with E-state index in [9.17, 15) is 4.79 Å². The molecule has 0 aliphatic rings. The Balaban J connectivity index is 2.06. The Bertz CT molecular complexity index is 506. The maximum Gasteiger partial charge on any atom is 0.322 e. The first-order valence-corrected chi connectivity index (χ1v) is 5.63. The van der Waals surface area contributed by atoms with Crippen LogP contribution in [0.25, 0.3) is 5.69 Å². The van der Waals surface area contributed by atoms with Gasteiger partial charge in [-0.1, -0.05) is 12.1 Å². The van der Waals surface area contributed by atoms with E-state index in [1.807, 2.05) is 36.5 Å². The van der Waals surface area contributed by atoms with E-state index in [0.717, 1.165) is 11.3 Å². The minimum atomic E-state index is -0.620. The fourth-order valence-electron chi connectivity index (χ4n) is 1.69. The van der Waals surface area contributed by atoms with Gasteiger partial charge in [0.1, 0.15) is 6.04 Å². The summed E-state index contributed by atoms with van der Waals surface area (Å²) < 4.78 is 6.36. The molecule has 1 unspecified atom stereocenters. The van der Waals surface area contributed by atoms with Crippen LogP contribution in [0.1, 0.15) is 5.56 Å². The van der Waals surface area contributed by atoms with Crippen LogP contribution in [-0.2, 0) is 16.0 Å². The predicted molar refractivity (Wildman–Crippen MR) is 67.3 cm³/mol. The van der Waals surface area contributed by atoms with Gasteiger partial charge in [-0.2, -0.15) is 5.10 Å². The normalized spacial score (nSPS) is 12.1.